The standard InChI is InChI=1S/C31H48N2O8S2/c1-42(37,38)33-27-18-24(19-29(21-27)43(39,40)28-11-4-5-12-28)10-6-9-17-41-16-8-3-2-7-15-32-22-31(36)25-13-14-30(35)26(20-25)23-34/h13-14,18-21,28,31-36H,2-12,15-17,22-23H2,1H3/t31-/m0/s1. The zero-order chi connectivity index (χ0) is 31.3. The van der Waals surface area contributed by atoms with Crippen LogP contribution in [0.1, 0.15) is 87.0 Å². The van der Waals surface area contributed by atoms with E-state index in [-0.39, 0.29) is 22.9 Å². The second-order valence-electron chi connectivity index (χ2n) is 11.4. The second kappa shape index (κ2) is 17.3. The third kappa shape index (κ3) is 12.0. The number of hydrogen-bond acceptors (Lipinski definition) is 9. The molecule has 12 heteroatoms. The molecule has 0 bridgehead atoms. The number of aliphatic hydroxyl groups is 2. The van der Waals surface area contributed by atoms with E-state index in [4.69, 9.17) is 4.74 Å². The fourth-order valence-corrected chi connectivity index (χ4v) is 7.86. The predicted octanol–water partition coefficient (Wildman–Crippen LogP) is 4.20. The summed E-state index contributed by atoms with van der Waals surface area (Å²) < 4.78 is 58.1. The molecule has 1 aliphatic carbocycles. The SMILES string of the molecule is CS(=O)(=O)Nc1cc(CCCCOCCCCCCNC[C@H](O)c2ccc(O)c(CO)c2)cc(S(=O)(=O)C2CCCC2)c1. The van der Waals surface area contributed by atoms with Gasteiger partial charge in [-0.1, -0.05) is 31.7 Å². The summed E-state index contributed by atoms with van der Waals surface area (Å²) >= 11 is 0. The van der Waals surface area contributed by atoms with E-state index < -0.39 is 31.2 Å². The van der Waals surface area contributed by atoms with Crippen molar-refractivity contribution >= 4 is 25.5 Å². The fourth-order valence-electron chi connectivity index (χ4n) is 5.37. The molecule has 0 heterocycles. The van der Waals surface area contributed by atoms with Gasteiger partial charge >= 0.3 is 0 Å². The molecule has 0 aromatic heterocycles. The average Bonchev–Trinajstić information content (AvgIpc) is 3.51. The lowest BCUT2D eigenvalue weighted by Gasteiger charge is -2.15. The van der Waals surface area contributed by atoms with Crippen LogP contribution in [0.5, 0.6) is 5.75 Å². The average molecular weight is 641 g/mol. The number of anilines is 1. The van der Waals surface area contributed by atoms with Crippen molar-refractivity contribution in [3.63, 3.8) is 0 Å². The highest BCUT2D eigenvalue weighted by Crippen LogP contribution is 2.32. The first kappa shape index (κ1) is 35.3. The summed E-state index contributed by atoms with van der Waals surface area (Å²) in [5.74, 6) is 0.0185. The van der Waals surface area contributed by atoms with Gasteiger partial charge in [0, 0.05) is 25.3 Å². The van der Waals surface area contributed by atoms with Gasteiger partial charge in [0.05, 0.1) is 34.8 Å². The third-order valence-electron chi connectivity index (χ3n) is 7.73. The highest BCUT2D eigenvalue weighted by molar-refractivity contribution is 7.92. The molecule has 0 spiro atoms. The molecular weight excluding hydrogens is 592 g/mol. The van der Waals surface area contributed by atoms with Gasteiger partial charge < -0.3 is 25.4 Å². The molecule has 43 heavy (non-hydrogen) atoms. The number of aliphatic hydroxyl groups excluding tert-OH is 2. The van der Waals surface area contributed by atoms with Crippen molar-refractivity contribution in [2.45, 2.75) is 93.5 Å². The van der Waals surface area contributed by atoms with Gasteiger partial charge in [0.15, 0.2) is 9.84 Å². The Morgan fingerprint density at radius 2 is 1.63 bits per heavy atom. The number of sulfonamides is 1. The minimum absolute atomic E-state index is 0.0185. The van der Waals surface area contributed by atoms with Gasteiger partial charge in [-0.05, 0) is 92.9 Å². The quantitative estimate of drug-likeness (QED) is 0.134. The maximum atomic E-state index is 13.2. The Morgan fingerprint density at radius 1 is 0.930 bits per heavy atom. The third-order valence-corrected chi connectivity index (χ3v) is 10.6. The molecular formula is C31H48N2O8S2. The maximum absolute atomic E-state index is 13.2. The van der Waals surface area contributed by atoms with Gasteiger partial charge in [-0.3, -0.25) is 4.72 Å². The van der Waals surface area contributed by atoms with Crippen molar-refractivity contribution in [2.75, 3.05) is 37.3 Å². The van der Waals surface area contributed by atoms with Gasteiger partial charge in [0.2, 0.25) is 10.0 Å². The summed E-state index contributed by atoms with van der Waals surface area (Å²) in [6.07, 6.45) is 9.73. The van der Waals surface area contributed by atoms with Crippen LogP contribution in [0.3, 0.4) is 0 Å². The second-order valence-corrected chi connectivity index (χ2v) is 15.4. The van der Waals surface area contributed by atoms with Crippen molar-refractivity contribution in [1.29, 1.82) is 0 Å². The monoisotopic (exact) mass is 640 g/mol. The normalized spacial score (nSPS) is 15.1. The molecule has 1 atom stereocenters. The number of ether oxygens (including phenoxy) is 1. The molecule has 242 valence electrons. The molecule has 0 saturated heterocycles. The van der Waals surface area contributed by atoms with Crippen molar-refractivity contribution < 1.29 is 36.9 Å². The van der Waals surface area contributed by atoms with Crippen LogP contribution in [0.2, 0.25) is 0 Å². The number of aromatic hydroxyl groups is 1. The van der Waals surface area contributed by atoms with Crippen LogP contribution in [-0.2, 0) is 37.6 Å². The van der Waals surface area contributed by atoms with E-state index in [2.05, 4.69) is 10.0 Å². The van der Waals surface area contributed by atoms with Crippen LogP contribution in [-0.4, -0.2) is 70.0 Å². The van der Waals surface area contributed by atoms with E-state index in [1.54, 1.807) is 24.3 Å². The number of hydrogen-bond donors (Lipinski definition) is 5. The van der Waals surface area contributed by atoms with Gasteiger partial charge in [0.1, 0.15) is 5.75 Å². The van der Waals surface area contributed by atoms with Gasteiger partial charge in [0.25, 0.3) is 0 Å². The van der Waals surface area contributed by atoms with Crippen LogP contribution in [0.15, 0.2) is 41.3 Å². The zero-order valence-electron chi connectivity index (χ0n) is 25.1. The molecule has 1 aliphatic rings. The van der Waals surface area contributed by atoms with Crippen LogP contribution >= 0.6 is 0 Å². The Bertz CT molecular complexity index is 1360. The Balaban J connectivity index is 1.28. The van der Waals surface area contributed by atoms with E-state index in [0.717, 1.165) is 69.7 Å². The van der Waals surface area contributed by atoms with Crippen molar-refractivity contribution in [2.24, 2.45) is 0 Å². The first-order chi connectivity index (χ1) is 20.5. The number of sulfone groups is 1. The number of phenols is 1. The summed E-state index contributed by atoms with van der Waals surface area (Å²) in [7, 11) is -7.04. The zero-order valence-corrected chi connectivity index (χ0v) is 26.8. The smallest absolute Gasteiger partial charge is 0.229 e. The number of nitrogens with one attached hydrogen (secondary N) is 2. The molecule has 0 radical (unpaired) electrons. The van der Waals surface area contributed by atoms with E-state index in [1.807, 2.05) is 0 Å². The van der Waals surface area contributed by atoms with Crippen LogP contribution < -0.4 is 10.0 Å². The maximum Gasteiger partial charge on any atom is 0.229 e. The van der Waals surface area contributed by atoms with E-state index in [9.17, 15) is 32.2 Å². The molecule has 1 saturated carbocycles. The molecule has 2 aromatic carbocycles. The summed E-state index contributed by atoms with van der Waals surface area (Å²) in [5.41, 5.74) is 2.13. The van der Waals surface area contributed by atoms with E-state index in [0.29, 0.717) is 50.1 Å². The van der Waals surface area contributed by atoms with E-state index in [1.165, 1.54) is 12.1 Å². The lowest BCUT2D eigenvalue weighted by molar-refractivity contribution is 0.126. The van der Waals surface area contributed by atoms with E-state index >= 15 is 0 Å². The minimum atomic E-state index is -3.53. The Labute approximate surface area is 256 Å². The minimum Gasteiger partial charge on any atom is -0.508 e. The Morgan fingerprint density at radius 3 is 2.33 bits per heavy atom. The first-order valence-corrected chi connectivity index (χ1v) is 18.7. The lowest BCUT2D eigenvalue weighted by atomic mass is 10.1. The summed E-state index contributed by atoms with van der Waals surface area (Å²) in [4.78, 5) is 0.194. The summed E-state index contributed by atoms with van der Waals surface area (Å²) in [6.45, 7) is 2.20. The molecule has 3 rings (SSSR count). The lowest BCUT2D eigenvalue weighted by Crippen LogP contribution is -2.22. The highest BCUT2D eigenvalue weighted by Gasteiger charge is 2.31. The number of aryl methyl sites for hydroxylation is 1. The molecule has 0 amide bonds. The van der Waals surface area contributed by atoms with Crippen molar-refractivity contribution in [3.05, 3.63) is 53.1 Å². The van der Waals surface area contributed by atoms with Gasteiger partial charge in [-0.2, -0.15) is 0 Å². The number of benzene rings is 2. The molecule has 2 aromatic rings. The van der Waals surface area contributed by atoms with Crippen LogP contribution in [0.4, 0.5) is 5.69 Å². The fraction of sp³-hybridized carbons (Fsp3) is 0.613. The summed E-state index contributed by atoms with van der Waals surface area (Å²) in [5, 5.41) is 32.0. The van der Waals surface area contributed by atoms with Crippen molar-refractivity contribution in [3.8, 4) is 5.75 Å². The molecule has 1 fully saturated rings. The predicted molar refractivity (Wildman–Crippen MR) is 168 cm³/mol. The largest absolute Gasteiger partial charge is 0.508 e. The highest BCUT2D eigenvalue weighted by atomic mass is 32.2. The summed E-state index contributed by atoms with van der Waals surface area (Å²) in [6, 6.07) is 9.58. The number of unbranched alkanes of at least 4 members (excludes halogenated alkanes) is 4. The molecule has 0 unspecified atom stereocenters. The van der Waals surface area contributed by atoms with Crippen molar-refractivity contribution in [1.82, 2.24) is 5.32 Å². The van der Waals surface area contributed by atoms with Crippen LogP contribution in [0, 0.1) is 0 Å². The number of rotatable bonds is 20. The Kier molecular flexibility index (Phi) is 14.2. The first-order valence-electron chi connectivity index (χ1n) is 15.2. The molecule has 0 aliphatic heterocycles. The Hall–Kier alpha value is -2.22. The topological polar surface area (TPSA) is 162 Å². The van der Waals surface area contributed by atoms with Gasteiger partial charge in [-0.15, -0.1) is 0 Å². The van der Waals surface area contributed by atoms with Gasteiger partial charge in [-0.25, -0.2) is 16.8 Å². The van der Waals surface area contributed by atoms with Crippen LogP contribution in [0.25, 0.3) is 0 Å². The molecule has 5 N–H and O–H groups in total. The molecule has 10 nitrogen and oxygen atoms in total.